The Balaban J connectivity index is 4.26. The number of ether oxygens (including phenoxy) is 3. The average Bonchev–Trinajstić information content (AvgIpc) is 3.45. The quantitative estimate of drug-likeness (QED) is 0.0261. The van der Waals surface area contributed by atoms with E-state index in [0.29, 0.717) is 19.3 Å². The van der Waals surface area contributed by atoms with Crippen LogP contribution in [0, 0.1) is 0 Å². The van der Waals surface area contributed by atoms with Gasteiger partial charge in [-0.3, -0.25) is 14.4 Å². The van der Waals surface area contributed by atoms with E-state index in [4.69, 9.17) is 14.2 Å². The van der Waals surface area contributed by atoms with Gasteiger partial charge in [-0.25, -0.2) is 0 Å². The van der Waals surface area contributed by atoms with Gasteiger partial charge in [0, 0.05) is 19.3 Å². The largest absolute Gasteiger partial charge is 0.462 e. The van der Waals surface area contributed by atoms with Crippen molar-refractivity contribution in [2.75, 3.05) is 13.2 Å². The molecule has 0 amide bonds. The van der Waals surface area contributed by atoms with E-state index in [0.717, 1.165) is 64.2 Å². The third kappa shape index (κ3) is 66.6. The maximum absolute atomic E-state index is 13.0. The maximum Gasteiger partial charge on any atom is 0.306 e. The summed E-state index contributed by atoms with van der Waals surface area (Å²) in [6.45, 7) is 6.72. The van der Waals surface area contributed by atoms with Crippen molar-refractivity contribution in [3.8, 4) is 0 Å². The molecule has 0 N–H and O–H groups in total. The Labute approximate surface area is 493 Å². The summed E-state index contributed by atoms with van der Waals surface area (Å²) in [4.78, 5) is 38.5. The highest BCUT2D eigenvalue weighted by molar-refractivity contribution is 5.71. The molecular weight excluding hydrogens is 973 g/mol. The van der Waals surface area contributed by atoms with E-state index in [1.807, 2.05) is 0 Å². The Morgan fingerprint density at radius 1 is 0.253 bits per heavy atom. The summed E-state index contributed by atoms with van der Waals surface area (Å²) >= 11 is 0. The van der Waals surface area contributed by atoms with Crippen molar-refractivity contribution in [3.63, 3.8) is 0 Å². The van der Waals surface area contributed by atoms with E-state index in [9.17, 15) is 14.4 Å². The number of carbonyl (C=O) groups excluding carboxylic acids is 3. The van der Waals surface area contributed by atoms with E-state index in [-0.39, 0.29) is 31.1 Å². The molecule has 6 nitrogen and oxygen atoms in total. The predicted molar refractivity (Wildman–Crippen MR) is 344 cm³/mol. The van der Waals surface area contributed by atoms with Crippen LogP contribution >= 0.6 is 0 Å². The van der Waals surface area contributed by atoms with Gasteiger partial charge in [0.15, 0.2) is 6.10 Å². The number of allylic oxidation sites excluding steroid dienone is 4. The van der Waals surface area contributed by atoms with Gasteiger partial charge in [-0.15, -0.1) is 0 Å². The monoisotopic (exact) mass is 1110 g/mol. The van der Waals surface area contributed by atoms with Gasteiger partial charge in [0.2, 0.25) is 0 Å². The molecular formula is C73H138O6. The van der Waals surface area contributed by atoms with Crippen molar-refractivity contribution >= 4 is 17.9 Å². The van der Waals surface area contributed by atoms with Gasteiger partial charge < -0.3 is 14.2 Å². The highest BCUT2D eigenvalue weighted by atomic mass is 16.6. The van der Waals surface area contributed by atoms with Crippen LogP contribution in [-0.2, 0) is 28.6 Å². The van der Waals surface area contributed by atoms with E-state index < -0.39 is 6.10 Å². The molecule has 0 saturated carbocycles. The molecule has 466 valence electrons. The predicted octanol–water partition coefficient (Wildman–Crippen LogP) is 24.6. The lowest BCUT2D eigenvalue weighted by Gasteiger charge is -2.18. The second kappa shape index (κ2) is 68.4. The Hall–Kier alpha value is -2.11. The van der Waals surface area contributed by atoms with Gasteiger partial charge in [0.25, 0.3) is 0 Å². The third-order valence-corrected chi connectivity index (χ3v) is 16.5. The summed E-state index contributed by atoms with van der Waals surface area (Å²) in [6.07, 6.45) is 83.4. The highest BCUT2D eigenvalue weighted by Crippen LogP contribution is 2.19. The van der Waals surface area contributed by atoms with Crippen molar-refractivity contribution in [3.05, 3.63) is 24.3 Å². The zero-order valence-corrected chi connectivity index (χ0v) is 53.7. The first kappa shape index (κ1) is 76.9. The fraction of sp³-hybridized carbons (Fsp3) is 0.904. The minimum absolute atomic E-state index is 0.0639. The molecule has 1 unspecified atom stereocenters. The summed E-state index contributed by atoms with van der Waals surface area (Å²) in [7, 11) is 0. The summed E-state index contributed by atoms with van der Waals surface area (Å²) < 4.78 is 17.0. The number of hydrogen-bond donors (Lipinski definition) is 0. The molecule has 0 aromatic rings. The molecule has 0 saturated heterocycles. The van der Waals surface area contributed by atoms with Crippen molar-refractivity contribution in [2.24, 2.45) is 0 Å². The van der Waals surface area contributed by atoms with Crippen molar-refractivity contribution in [2.45, 2.75) is 412 Å². The van der Waals surface area contributed by atoms with Crippen LogP contribution in [0.3, 0.4) is 0 Å². The van der Waals surface area contributed by atoms with Crippen LogP contribution in [0.25, 0.3) is 0 Å². The topological polar surface area (TPSA) is 78.9 Å². The fourth-order valence-electron chi connectivity index (χ4n) is 11.1. The number of esters is 3. The van der Waals surface area contributed by atoms with Gasteiger partial charge in [-0.05, 0) is 51.4 Å². The van der Waals surface area contributed by atoms with Crippen molar-refractivity contribution in [1.29, 1.82) is 0 Å². The molecule has 0 bridgehead atoms. The molecule has 0 aromatic heterocycles. The van der Waals surface area contributed by atoms with Crippen LogP contribution in [0.5, 0.6) is 0 Å². The Morgan fingerprint density at radius 2 is 0.456 bits per heavy atom. The first-order valence-electron chi connectivity index (χ1n) is 35.8. The minimum Gasteiger partial charge on any atom is -0.462 e. The molecule has 6 heteroatoms. The van der Waals surface area contributed by atoms with E-state index in [1.54, 1.807) is 0 Å². The molecule has 0 aromatic carbocycles. The normalized spacial score (nSPS) is 12.1. The van der Waals surface area contributed by atoms with Crippen LogP contribution in [0.2, 0.25) is 0 Å². The number of unbranched alkanes of at least 4 members (excludes halogenated alkanes) is 52. The average molecular weight is 1110 g/mol. The molecule has 0 aliphatic rings. The summed E-state index contributed by atoms with van der Waals surface area (Å²) in [5, 5.41) is 0. The van der Waals surface area contributed by atoms with Crippen molar-refractivity contribution in [1.82, 2.24) is 0 Å². The smallest absolute Gasteiger partial charge is 0.306 e. The lowest BCUT2D eigenvalue weighted by molar-refractivity contribution is -0.167. The first-order chi connectivity index (χ1) is 39.0. The zero-order chi connectivity index (χ0) is 57.1. The Kier molecular flexibility index (Phi) is 66.6. The van der Waals surface area contributed by atoms with Gasteiger partial charge in [-0.2, -0.15) is 0 Å². The minimum atomic E-state index is -0.768. The zero-order valence-electron chi connectivity index (χ0n) is 53.7. The van der Waals surface area contributed by atoms with E-state index in [2.05, 4.69) is 45.1 Å². The molecule has 0 aliphatic carbocycles. The summed E-state index contributed by atoms with van der Waals surface area (Å²) in [6, 6.07) is 0. The highest BCUT2D eigenvalue weighted by Gasteiger charge is 2.19. The lowest BCUT2D eigenvalue weighted by atomic mass is 10.0. The molecule has 0 radical (unpaired) electrons. The Morgan fingerprint density at radius 3 is 0.696 bits per heavy atom. The third-order valence-electron chi connectivity index (χ3n) is 16.5. The van der Waals surface area contributed by atoms with E-state index >= 15 is 0 Å². The number of hydrogen-bond acceptors (Lipinski definition) is 6. The SMILES string of the molecule is CCCCCCC/C=C\C/C=C\CCCCCCCCCCCCCCCC(=O)OCC(COC(=O)CCCCCCCCCCCCCCCCCC)OC(=O)CCCCCCCCCCCCCCCCCCCCCC. The molecule has 0 fully saturated rings. The summed E-state index contributed by atoms with van der Waals surface area (Å²) in [5.41, 5.74) is 0. The molecule has 0 aliphatic heterocycles. The van der Waals surface area contributed by atoms with Crippen LogP contribution in [0.4, 0.5) is 0 Å². The second-order valence-electron chi connectivity index (χ2n) is 24.5. The van der Waals surface area contributed by atoms with Gasteiger partial charge in [0.05, 0.1) is 0 Å². The van der Waals surface area contributed by atoms with Gasteiger partial charge in [-0.1, -0.05) is 360 Å². The van der Waals surface area contributed by atoms with Crippen molar-refractivity contribution < 1.29 is 28.6 Å². The van der Waals surface area contributed by atoms with Crippen LogP contribution in [-0.4, -0.2) is 37.2 Å². The fourth-order valence-corrected chi connectivity index (χ4v) is 11.1. The maximum atomic E-state index is 13.0. The van der Waals surface area contributed by atoms with Crippen LogP contribution in [0.15, 0.2) is 24.3 Å². The standard InChI is InChI=1S/C73H138O6/c1-4-7-10-13-16-19-22-25-28-31-33-35-36-37-38-39-41-42-45-48-51-54-57-60-63-66-72(75)78-69-70(68-77-71(74)65-62-59-56-53-50-47-44-30-27-24-21-18-15-12-9-6-3)79-73(76)67-64-61-58-55-52-49-46-43-40-34-32-29-26-23-20-17-14-11-8-5-2/h22,25,31,33,70H,4-21,23-24,26-30,32,34-69H2,1-3H3/b25-22-,33-31-. The van der Waals surface area contributed by atoms with Crippen LogP contribution in [0.1, 0.15) is 406 Å². The second-order valence-corrected chi connectivity index (χ2v) is 24.5. The van der Waals surface area contributed by atoms with Gasteiger partial charge in [0.1, 0.15) is 13.2 Å². The molecule has 79 heavy (non-hydrogen) atoms. The number of carbonyl (C=O) groups is 3. The summed E-state index contributed by atoms with van der Waals surface area (Å²) in [5.74, 6) is -0.829. The molecule has 1 atom stereocenters. The van der Waals surface area contributed by atoms with E-state index in [1.165, 1.54) is 302 Å². The first-order valence-corrected chi connectivity index (χ1v) is 35.8. The Bertz CT molecular complexity index is 1270. The lowest BCUT2D eigenvalue weighted by Crippen LogP contribution is -2.30. The molecule has 0 spiro atoms. The van der Waals surface area contributed by atoms with Gasteiger partial charge >= 0.3 is 17.9 Å². The van der Waals surface area contributed by atoms with Crippen LogP contribution < -0.4 is 0 Å². The molecule has 0 heterocycles. The number of rotatable bonds is 67. The molecule has 0 rings (SSSR count).